The van der Waals surface area contributed by atoms with Crippen LogP contribution < -0.4 is 5.32 Å². The van der Waals surface area contributed by atoms with Crippen molar-refractivity contribution in [2.24, 2.45) is 11.8 Å². The van der Waals surface area contributed by atoms with Crippen LogP contribution in [0.15, 0.2) is 48.5 Å². The summed E-state index contributed by atoms with van der Waals surface area (Å²) in [6.45, 7) is 10.7. The molecule has 64 heavy (non-hydrogen) atoms. The third-order valence-corrected chi connectivity index (χ3v) is 11.2. The Hall–Kier alpha value is -5.12. The van der Waals surface area contributed by atoms with E-state index in [0.29, 0.717) is 23.0 Å². The first-order valence-electron chi connectivity index (χ1n) is 20.8. The van der Waals surface area contributed by atoms with Gasteiger partial charge in [0.2, 0.25) is 0 Å². The second kappa shape index (κ2) is 24.8. The van der Waals surface area contributed by atoms with Gasteiger partial charge in [-0.05, 0) is 146 Å². The number of aliphatic carboxylic acids is 3. The van der Waals surface area contributed by atoms with Gasteiger partial charge in [-0.15, -0.1) is 0 Å². The maximum Gasteiger partial charge on any atom is 0.490 e. The van der Waals surface area contributed by atoms with E-state index in [1.807, 2.05) is 58.3 Å². The number of piperidine rings is 2. The zero-order chi connectivity index (χ0) is 47.7. The molecule has 0 aliphatic carbocycles. The summed E-state index contributed by atoms with van der Waals surface area (Å²) in [5, 5.41) is 24.8. The van der Waals surface area contributed by atoms with Gasteiger partial charge in [-0.1, -0.05) is 18.2 Å². The van der Waals surface area contributed by atoms with Crippen LogP contribution >= 0.6 is 0 Å². The fraction of sp³-hybridized carbons (Fsp3) is 0.595. The van der Waals surface area contributed by atoms with E-state index in [1.54, 1.807) is 0 Å². The van der Waals surface area contributed by atoms with Gasteiger partial charge in [0.05, 0.1) is 11.3 Å². The van der Waals surface area contributed by atoms with Gasteiger partial charge < -0.3 is 40.2 Å². The lowest BCUT2D eigenvalue weighted by molar-refractivity contribution is -0.193. The molecule has 0 atom stereocenters. The van der Waals surface area contributed by atoms with Crippen LogP contribution in [-0.2, 0) is 14.4 Å². The molecule has 4 saturated heterocycles. The number of alkyl halides is 9. The molecule has 4 heterocycles. The Morgan fingerprint density at radius 2 is 0.891 bits per heavy atom. The second-order valence-electron chi connectivity index (χ2n) is 15.8. The summed E-state index contributed by atoms with van der Waals surface area (Å²) in [6, 6.07) is 15.6. The topological polar surface area (TPSA) is 171 Å². The molecule has 358 valence electrons. The summed E-state index contributed by atoms with van der Waals surface area (Å²) in [5.41, 5.74) is 2.95. The van der Waals surface area contributed by atoms with E-state index >= 15 is 0 Å². The number of amides is 2. The van der Waals surface area contributed by atoms with Crippen molar-refractivity contribution in [2.75, 3.05) is 70.8 Å². The fourth-order valence-electron chi connectivity index (χ4n) is 7.59. The standard InChI is InChI=1S/C36H51N5O2.3C2HF3O2/c42-35(40-24-14-29(15-25-40)12-22-38-18-4-5-19-38)31-10-11-33(34(28-31)37-32-8-2-1-3-9-32)36(43)41-26-16-30(17-27-41)13-23-39-20-6-7-21-39;3*3-2(4,5)1(6)7/h1-3,8-11,28-30,37H,4-7,12-27H2;3*(H,6,7). The molecule has 0 radical (unpaired) electrons. The van der Waals surface area contributed by atoms with E-state index in [2.05, 4.69) is 15.1 Å². The van der Waals surface area contributed by atoms with E-state index < -0.39 is 36.4 Å². The van der Waals surface area contributed by atoms with Crippen LogP contribution in [0.2, 0.25) is 0 Å². The highest BCUT2D eigenvalue weighted by atomic mass is 19.4. The maximum absolute atomic E-state index is 13.8. The number of hydrogen-bond acceptors (Lipinski definition) is 8. The van der Waals surface area contributed by atoms with Crippen LogP contribution in [0.1, 0.15) is 84.9 Å². The number of nitrogens with zero attached hydrogens (tertiary/aromatic N) is 4. The van der Waals surface area contributed by atoms with E-state index in [9.17, 15) is 49.1 Å². The lowest BCUT2D eigenvalue weighted by atomic mass is 9.92. The number of halogens is 9. The predicted molar refractivity (Wildman–Crippen MR) is 215 cm³/mol. The van der Waals surface area contributed by atoms with Crippen LogP contribution in [0.5, 0.6) is 0 Å². The summed E-state index contributed by atoms with van der Waals surface area (Å²) in [4.78, 5) is 63.4. The van der Waals surface area contributed by atoms with Gasteiger partial charge >= 0.3 is 36.4 Å². The Labute approximate surface area is 364 Å². The zero-order valence-corrected chi connectivity index (χ0v) is 35.0. The van der Waals surface area contributed by atoms with E-state index in [1.165, 1.54) is 77.8 Å². The molecule has 0 bridgehead atoms. The maximum atomic E-state index is 13.8. The van der Waals surface area contributed by atoms with Crippen molar-refractivity contribution in [2.45, 2.75) is 82.7 Å². The minimum atomic E-state index is -5.08. The molecule has 0 unspecified atom stereocenters. The zero-order valence-electron chi connectivity index (χ0n) is 35.0. The SMILES string of the molecule is O=C(O)C(F)(F)F.O=C(O)C(F)(F)F.O=C(O)C(F)(F)F.O=C(c1ccc(C(=O)N2CCC(CCN3CCCC3)CC2)c(Nc2ccccc2)c1)N1CCC(CCN2CCCC2)CC1. The molecule has 4 fully saturated rings. The number of carbonyl (C=O) groups is 5. The molecule has 2 aromatic rings. The highest BCUT2D eigenvalue weighted by Gasteiger charge is 2.39. The molecule has 4 N–H and O–H groups in total. The minimum absolute atomic E-state index is 0.0641. The van der Waals surface area contributed by atoms with Crippen molar-refractivity contribution in [1.82, 2.24) is 19.6 Å². The first kappa shape index (κ1) is 53.2. The molecule has 6 rings (SSSR count). The van der Waals surface area contributed by atoms with Crippen LogP contribution in [-0.4, -0.2) is 149 Å². The quantitative estimate of drug-likeness (QED) is 0.170. The lowest BCUT2D eigenvalue weighted by Gasteiger charge is -2.34. The predicted octanol–water partition coefficient (Wildman–Crippen LogP) is 8.01. The average molecular weight is 928 g/mol. The number of nitrogens with one attached hydrogen (secondary N) is 1. The first-order valence-corrected chi connectivity index (χ1v) is 20.8. The highest BCUT2D eigenvalue weighted by Crippen LogP contribution is 2.30. The van der Waals surface area contributed by atoms with Gasteiger partial charge in [0.25, 0.3) is 11.8 Å². The minimum Gasteiger partial charge on any atom is -0.475 e. The number of para-hydroxylation sites is 1. The number of carboxylic acid groups (broad SMARTS) is 3. The van der Waals surface area contributed by atoms with Crippen molar-refractivity contribution in [3.05, 3.63) is 59.7 Å². The van der Waals surface area contributed by atoms with E-state index in [0.717, 1.165) is 63.2 Å². The van der Waals surface area contributed by atoms with Crippen LogP contribution in [0.4, 0.5) is 50.9 Å². The van der Waals surface area contributed by atoms with Crippen LogP contribution in [0.3, 0.4) is 0 Å². The summed E-state index contributed by atoms with van der Waals surface area (Å²) in [6.07, 6.45) is -3.07. The third-order valence-electron chi connectivity index (χ3n) is 11.2. The van der Waals surface area contributed by atoms with Gasteiger partial charge in [0.15, 0.2) is 0 Å². The Morgan fingerprint density at radius 3 is 1.25 bits per heavy atom. The molecule has 0 saturated carbocycles. The molecule has 0 aromatic heterocycles. The van der Waals surface area contributed by atoms with Gasteiger partial charge in [-0.2, -0.15) is 39.5 Å². The van der Waals surface area contributed by atoms with Gasteiger partial charge in [-0.3, -0.25) is 9.59 Å². The number of benzene rings is 2. The fourth-order valence-corrected chi connectivity index (χ4v) is 7.59. The summed E-state index contributed by atoms with van der Waals surface area (Å²) in [5.74, 6) is -6.71. The van der Waals surface area contributed by atoms with Gasteiger partial charge in [0.1, 0.15) is 0 Å². The molecular formula is C42H54F9N5O8. The first-order chi connectivity index (χ1) is 29.9. The third kappa shape index (κ3) is 18.5. The van der Waals surface area contributed by atoms with Crippen molar-refractivity contribution in [1.29, 1.82) is 0 Å². The monoisotopic (exact) mass is 927 g/mol. The van der Waals surface area contributed by atoms with Crippen LogP contribution in [0.25, 0.3) is 0 Å². The highest BCUT2D eigenvalue weighted by molar-refractivity contribution is 6.03. The van der Waals surface area contributed by atoms with Crippen molar-refractivity contribution in [3.8, 4) is 0 Å². The number of carboxylic acids is 3. The summed E-state index contributed by atoms with van der Waals surface area (Å²) in [7, 11) is 0. The molecule has 2 aromatic carbocycles. The average Bonchev–Trinajstić information content (AvgIpc) is 3.98. The van der Waals surface area contributed by atoms with Crippen LogP contribution in [0, 0.1) is 11.8 Å². The largest absolute Gasteiger partial charge is 0.490 e. The normalized spacial score (nSPS) is 17.8. The van der Waals surface area contributed by atoms with E-state index in [4.69, 9.17) is 29.7 Å². The van der Waals surface area contributed by atoms with Gasteiger partial charge in [-0.25, -0.2) is 14.4 Å². The Morgan fingerprint density at radius 1 is 0.531 bits per heavy atom. The molecule has 2 amide bonds. The van der Waals surface area contributed by atoms with Crippen molar-refractivity contribution >= 4 is 41.1 Å². The molecule has 4 aliphatic heterocycles. The van der Waals surface area contributed by atoms with E-state index in [-0.39, 0.29) is 11.8 Å². The molecule has 22 heteroatoms. The van der Waals surface area contributed by atoms with Crippen molar-refractivity contribution < 1.29 is 78.8 Å². The number of hydrogen-bond donors (Lipinski definition) is 4. The Bertz CT molecular complexity index is 1750. The smallest absolute Gasteiger partial charge is 0.475 e. The molecular weight excluding hydrogens is 873 g/mol. The molecule has 4 aliphatic rings. The number of likely N-dealkylation sites (tertiary alicyclic amines) is 4. The Balaban J connectivity index is 0.000000429. The van der Waals surface area contributed by atoms with Gasteiger partial charge in [0, 0.05) is 37.4 Å². The summed E-state index contributed by atoms with van der Waals surface area (Å²) >= 11 is 0. The second-order valence-corrected chi connectivity index (χ2v) is 15.8. The number of rotatable bonds is 10. The molecule has 0 spiro atoms. The number of carbonyl (C=O) groups excluding carboxylic acids is 2. The number of anilines is 2. The van der Waals surface area contributed by atoms with Crippen molar-refractivity contribution in [3.63, 3.8) is 0 Å². The molecule has 13 nitrogen and oxygen atoms in total. The summed E-state index contributed by atoms with van der Waals surface area (Å²) < 4.78 is 95.2. The lowest BCUT2D eigenvalue weighted by Crippen LogP contribution is -2.40. The Kier molecular flexibility index (Phi) is 20.6.